The number of thioether (sulfide) groups is 1. The SMILES string of the molecule is CSCC(C)(C#N)NC(C)C. The molecule has 0 aliphatic heterocycles. The highest BCUT2D eigenvalue weighted by molar-refractivity contribution is 7.98. The number of nitriles is 1. The van der Waals surface area contributed by atoms with E-state index < -0.39 is 0 Å². The van der Waals surface area contributed by atoms with E-state index in [1.807, 2.05) is 13.2 Å². The van der Waals surface area contributed by atoms with Crippen LogP contribution in [0.15, 0.2) is 0 Å². The number of hydrogen-bond donors (Lipinski definition) is 1. The maximum absolute atomic E-state index is 8.84. The van der Waals surface area contributed by atoms with E-state index in [9.17, 15) is 0 Å². The van der Waals surface area contributed by atoms with Crippen molar-refractivity contribution in [1.29, 1.82) is 5.26 Å². The van der Waals surface area contributed by atoms with Gasteiger partial charge in [-0.15, -0.1) is 0 Å². The smallest absolute Gasteiger partial charge is 0.113 e. The summed E-state index contributed by atoms with van der Waals surface area (Å²) in [5, 5.41) is 12.1. The highest BCUT2D eigenvalue weighted by atomic mass is 32.2. The number of nitrogens with one attached hydrogen (secondary N) is 1. The van der Waals surface area contributed by atoms with E-state index in [0.29, 0.717) is 6.04 Å². The number of hydrogen-bond acceptors (Lipinski definition) is 3. The standard InChI is InChI=1S/C8H16N2S/c1-7(2)10-8(3,5-9)6-11-4/h7,10H,6H2,1-4H3. The van der Waals surface area contributed by atoms with Crippen molar-refractivity contribution < 1.29 is 0 Å². The zero-order chi connectivity index (χ0) is 8.91. The summed E-state index contributed by atoms with van der Waals surface area (Å²) in [6.45, 7) is 6.04. The van der Waals surface area contributed by atoms with Crippen molar-refractivity contribution in [3.63, 3.8) is 0 Å². The molecule has 1 N–H and O–H groups in total. The molecule has 2 nitrogen and oxygen atoms in total. The fourth-order valence-corrected chi connectivity index (χ4v) is 1.76. The van der Waals surface area contributed by atoms with Gasteiger partial charge in [-0.25, -0.2) is 0 Å². The summed E-state index contributed by atoms with van der Waals surface area (Å²) in [6.07, 6.45) is 2.01. The molecular weight excluding hydrogens is 156 g/mol. The Labute approximate surface area is 73.4 Å². The minimum absolute atomic E-state index is 0.367. The van der Waals surface area contributed by atoms with Gasteiger partial charge in [0.05, 0.1) is 6.07 Å². The van der Waals surface area contributed by atoms with Crippen LogP contribution in [-0.2, 0) is 0 Å². The molecule has 3 heteroatoms. The second-order valence-electron chi connectivity index (χ2n) is 3.18. The molecule has 0 fully saturated rings. The lowest BCUT2D eigenvalue weighted by Crippen LogP contribution is -2.46. The Kier molecular flexibility index (Phi) is 4.55. The summed E-state index contributed by atoms with van der Waals surface area (Å²) >= 11 is 1.69. The molecule has 0 saturated carbocycles. The Morgan fingerprint density at radius 1 is 1.64 bits per heavy atom. The predicted molar refractivity (Wildman–Crippen MR) is 50.7 cm³/mol. The lowest BCUT2D eigenvalue weighted by atomic mass is 10.1. The van der Waals surface area contributed by atoms with E-state index in [1.54, 1.807) is 11.8 Å². The third-order valence-corrected chi connectivity index (χ3v) is 2.15. The summed E-state index contributed by atoms with van der Waals surface area (Å²) in [5.74, 6) is 0.835. The Balaban J connectivity index is 4.02. The Hall–Kier alpha value is -0.200. The summed E-state index contributed by atoms with van der Waals surface area (Å²) in [5.41, 5.74) is -0.367. The van der Waals surface area contributed by atoms with Gasteiger partial charge in [0.1, 0.15) is 5.54 Å². The molecule has 0 rings (SSSR count). The average molecular weight is 172 g/mol. The molecule has 0 bridgehead atoms. The van der Waals surface area contributed by atoms with Crippen molar-refractivity contribution in [2.75, 3.05) is 12.0 Å². The fraction of sp³-hybridized carbons (Fsp3) is 0.875. The normalized spacial score (nSPS) is 16.0. The van der Waals surface area contributed by atoms with E-state index >= 15 is 0 Å². The molecule has 0 aromatic heterocycles. The lowest BCUT2D eigenvalue weighted by Gasteiger charge is -2.24. The third kappa shape index (κ3) is 4.28. The van der Waals surface area contributed by atoms with Gasteiger partial charge in [-0.1, -0.05) is 0 Å². The molecule has 0 aromatic rings. The summed E-state index contributed by atoms with van der Waals surface area (Å²) in [7, 11) is 0. The average Bonchev–Trinajstić information content (AvgIpc) is 1.87. The molecule has 0 radical (unpaired) electrons. The van der Waals surface area contributed by atoms with Crippen molar-refractivity contribution in [2.24, 2.45) is 0 Å². The van der Waals surface area contributed by atoms with Crippen LogP contribution in [-0.4, -0.2) is 23.6 Å². The maximum Gasteiger partial charge on any atom is 0.113 e. The van der Waals surface area contributed by atoms with Crippen molar-refractivity contribution in [3.05, 3.63) is 0 Å². The van der Waals surface area contributed by atoms with E-state index in [1.165, 1.54) is 0 Å². The predicted octanol–water partition coefficient (Wildman–Crippen LogP) is 1.63. The van der Waals surface area contributed by atoms with Gasteiger partial charge in [-0.3, -0.25) is 5.32 Å². The van der Waals surface area contributed by atoms with E-state index in [4.69, 9.17) is 5.26 Å². The van der Waals surface area contributed by atoms with Crippen LogP contribution >= 0.6 is 11.8 Å². The topological polar surface area (TPSA) is 35.8 Å². The zero-order valence-electron chi connectivity index (χ0n) is 7.64. The molecule has 0 amide bonds. The second kappa shape index (κ2) is 4.63. The van der Waals surface area contributed by atoms with Crippen molar-refractivity contribution in [1.82, 2.24) is 5.32 Å². The lowest BCUT2D eigenvalue weighted by molar-refractivity contribution is 0.443. The zero-order valence-corrected chi connectivity index (χ0v) is 8.46. The molecular formula is C8H16N2S. The van der Waals surface area contributed by atoms with Crippen molar-refractivity contribution in [3.8, 4) is 6.07 Å². The van der Waals surface area contributed by atoms with Crippen LogP contribution in [0, 0.1) is 11.3 Å². The van der Waals surface area contributed by atoms with Gasteiger partial charge in [0.25, 0.3) is 0 Å². The molecule has 0 aliphatic rings. The van der Waals surface area contributed by atoms with Gasteiger partial charge in [0.2, 0.25) is 0 Å². The van der Waals surface area contributed by atoms with Crippen LogP contribution in [0.25, 0.3) is 0 Å². The van der Waals surface area contributed by atoms with Gasteiger partial charge in [-0.2, -0.15) is 17.0 Å². The van der Waals surface area contributed by atoms with Gasteiger partial charge in [0, 0.05) is 11.8 Å². The van der Waals surface area contributed by atoms with Gasteiger partial charge in [-0.05, 0) is 27.0 Å². The second-order valence-corrected chi connectivity index (χ2v) is 4.04. The molecule has 1 atom stereocenters. The van der Waals surface area contributed by atoms with Crippen LogP contribution in [0.2, 0.25) is 0 Å². The first kappa shape index (κ1) is 10.8. The molecule has 0 aliphatic carbocycles. The van der Waals surface area contributed by atoms with Crippen molar-refractivity contribution >= 4 is 11.8 Å². The highest BCUT2D eigenvalue weighted by Gasteiger charge is 2.22. The molecule has 0 aromatic carbocycles. The summed E-state index contributed by atoms with van der Waals surface area (Å²) in [4.78, 5) is 0. The Bertz CT molecular complexity index is 151. The first-order valence-corrected chi connectivity index (χ1v) is 5.11. The van der Waals surface area contributed by atoms with Gasteiger partial charge >= 0.3 is 0 Å². The van der Waals surface area contributed by atoms with Crippen LogP contribution in [0.1, 0.15) is 20.8 Å². The minimum Gasteiger partial charge on any atom is -0.297 e. The van der Waals surface area contributed by atoms with Crippen molar-refractivity contribution in [2.45, 2.75) is 32.4 Å². The number of nitrogens with zero attached hydrogens (tertiary/aromatic N) is 1. The third-order valence-electron chi connectivity index (χ3n) is 1.29. The van der Waals surface area contributed by atoms with E-state index in [2.05, 4.69) is 25.2 Å². The van der Waals surface area contributed by atoms with Crippen LogP contribution < -0.4 is 5.32 Å². The van der Waals surface area contributed by atoms with E-state index in [-0.39, 0.29) is 5.54 Å². The maximum atomic E-state index is 8.84. The first-order valence-electron chi connectivity index (χ1n) is 3.72. The molecule has 11 heavy (non-hydrogen) atoms. The van der Waals surface area contributed by atoms with Gasteiger partial charge in [0.15, 0.2) is 0 Å². The van der Waals surface area contributed by atoms with Crippen LogP contribution in [0.3, 0.4) is 0 Å². The highest BCUT2D eigenvalue weighted by Crippen LogP contribution is 2.10. The molecule has 1 unspecified atom stereocenters. The quantitative estimate of drug-likeness (QED) is 0.700. The number of rotatable bonds is 4. The largest absolute Gasteiger partial charge is 0.297 e. The van der Waals surface area contributed by atoms with Crippen LogP contribution in [0.5, 0.6) is 0 Å². The minimum atomic E-state index is -0.367. The summed E-state index contributed by atoms with van der Waals surface area (Å²) in [6, 6.07) is 2.65. The summed E-state index contributed by atoms with van der Waals surface area (Å²) < 4.78 is 0. The Morgan fingerprint density at radius 2 is 2.18 bits per heavy atom. The molecule has 0 saturated heterocycles. The first-order chi connectivity index (χ1) is 5.04. The van der Waals surface area contributed by atoms with E-state index in [0.717, 1.165) is 5.75 Å². The fourth-order valence-electron chi connectivity index (χ4n) is 1.03. The Morgan fingerprint density at radius 3 is 2.45 bits per heavy atom. The van der Waals surface area contributed by atoms with Gasteiger partial charge < -0.3 is 0 Å². The molecule has 0 spiro atoms. The molecule has 64 valence electrons. The monoisotopic (exact) mass is 172 g/mol. The molecule has 0 heterocycles. The van der Waals surface area contributed by atoms with Crippen LogP contribution in [0.4, 0.5) is 0 Å².